The van der Waals surface area contributed by atoms with Crippen LogP contribution >= 0.6 is 22.7 Å². The molecule has 0 amide bonds. The summed E-state index contributed by atoms with van der Waals surface area (Å²) in [6.45, 7) is 1.99. The Balaban J connectivity index is 0.000000371. The molecular weight excluding hydrogens is 183 g/mol. The van der Waals surface area contributed by atoms with Crippen LogP contribution in [-0.4, -0.2) is 9.55 Å². The zero-order valence-corrected chi connectivity index (χ0v) is 9.58. The Morgan fingerprint density at radius 1 is 1.20 bits per heavy atom. The Kier molecular flexibility index (Phi) is 5.79. The molecule has 3 heteroatoms. The molecule has 0 aliphatic heterocycles. The molecule has 0 unspecified atom stereocenters. The van der Waals surface area contributed by atoms with Crippen molar-refractivity contribution in [3.8, 4) is 0 Å². The number of benzene rings is 1. The van der Waals surface area contributed by atoms with Crippen LogP contribution < -0.4 is 0 Å². The molecule has 0 fully saturated rings. The van der Waals surface area contributed by atoms with E-state index < -0.39 is 0 Å². The molecule has 0 aliphatic rings. The van der Waals surface area contributed by atoms with Crippen LogP contribution in [0.25, 0.3) is 0 Å². The summed E-state index contributed by atoms with van der Waals surface area (Å²) in [5.41, 5.74) is 1.13. The van der Waals surface area contributed by atoms with E-state index in [2.05, 4.69) is 0 Å². The van der Waals surface area contributed by atoms with Crippen molar-refractivity contribution in [2.75, 3.05) is 0 Å². The number of aryl methyl sites for hydroxylation is 1. The molecule has 56 valence electrons. The molecule has 0 spiro atoms. The van der Waals surface area contributed by atoms with E-state index in [-0.39, 0.29) is 0 Å². The molecule has 0 radical (unpaired) electrons. The molecule has 0 nitrogen and oxygen atoms in total. The second-order valence-corrected chi connectivity index (χ2v) is 2.16. The summed E-state index contributed by atoms with van der Waals surface area (Å²) in [4.78, 5) is 0. The number of rotatable bonds is 0. The minimum Gasteiger partial charge on any atom is -0.181 e. The van der Waals surface area contributed by atoms with E-state index in [1.165, 1.54) is 0 Å². The van der Waals surface area contributed by atoms with Crippen molar-refractivity contribution >= 4 is 32.2 Å². The van der Waals surface area contributed by atoms with Gasteiger partial charge in [-0.1, -0.05) is 29.8 Å². The average molecular weight is 193 g/mol. The van der Waals surface area contributed by atoms with Crippen LogP contribution in [-0.2, 0) is 0 Å². The van der Waals surface area contributed by atoms with Crippen LogP contribution in [0.1, 0.15) is 5.56 Å². The second-order valence-electron chi connectivity index (χ2n) is 1.75. The molecule has 0 N–H and O–H groups in total. The molecule has 0 atom stereocenters. The first-order valence-electron chi connectivity index (χ1n) is 2.89. The molecule has 0 saturated heterocycles. The molecule has 0 heterocycles. The van der Waals surface area contributed by atoms with Crippen LogP contribution in [0.3, 0.4) is 0 Å². The van der Waals surface area contributed by atoms with Gasteiger partial charge < -0.3 is 0 Å². The molecule has 10 heavy (non-hydrogen) atoms. The highest BCUT2D eigenvalue weighted by Crippen LogP contribution is 2.11. The van der Waals surface area contributed by atoms with Gasteiger partial charge in [0.05, 0.1) is 0 Å². The topological polar surface area (TPSA) is 0 Å². The molecule has 0 aromatic heterocycles. The molecule has 1 aromatic rings. The Morgan fingerprint density at radius 2 is 1.70 bits per heavy atom. The van der Waals surface area contributed by atoms with Crippen LogP contribution in [0.2, 0.25) is 5.02 Å². The van der Waals surface area contributed by atoms with Crippen molar-refractivity contribution < 1.29 is 0 Å². The van der Waals surface area contributed by atoms with Crippen LogP contribution in [0.15, 0.2) is 24.3 Å². The van der Waals surface area contributed by atoms with Crippen molar-refractivity contribution in [1.82, 2.24) is 0 Å². The fourth-order valence-electron chi connectivity index (χ4n) is 0.551. The lowest BCUT2D eigenvalue weighted by Gasteiger charge is -1.90. The van der Waals surface area contributed by atoms with Gasteiger partial charge >= 0.3 is 0 Å². The van der Waals surface area contributed by atoms with Gasteiger partial charge in [-0.25, -0.2) is 0 Å². The lowest BCUT2D eigenvalue weighted by atomic mass is 10.2. The molecule has 0 bridgehead atoms. The van der Waals surface area contributed by atoms with E-state index >= 15 is 0 Å². The SMILES string of the molecule is Cc1ccccc1Cl.[SiH3]Cl. The molecule has 0 aliphatic carbocycles. The largest absolute Gasteiger partial charge is 0.181 e. The van der Waals surface area contributed by atoms with E-state index in [9.17, 15) is 0 Å². The van der Waals surface area contributed by atoms with Crippen molar-refractivity contribution in [3.05, 3.63) is 34.9 Å². The van der Waals surface area contributed by atoms with Crippen molar-refractivity contribution in [1.29, 1.82) is 0 Å². The summed E-state index contributed by atoms with van der Waals surface area (Å²) in [7, 11) is 0.778. The minimum absolute atomic E-state index is 0.778. The highest BCUT2D eigenvalue weighted by Gasteiger charge is 1.86. The third-order valence-electron chi connectivity index (χ3n) is 1.08. The third kappa shape index (κ3) is 3.25. The lowest BCUT2D eigenvalue weighted by Crippen LogP contribution is -1.68. The molecule has 1 rings (SSSR count). The van der Waals surface area contributed by atoms with Gasteiger partial charge in [0.15, 0.2) is 0 Å². The maximum Gasteiger partial charge on any atom is 0.109 e. The Labute approximate surface area is 74.3 Å². The second kappa shape index (κ2) is 5.78. The molecule has 0 saturated carbocycles. The first-order chi connectivity index (χ1) is 4.80. The van der Waals surface area contributed by atoms with E-state index in [4.69, 9.17) is 22.7 Å². The fourth-order valence-corrected chi connectivity index (χ4v) is 0.687. The normalized spacial score (nSPS) is 8.30. The predicted octanol–water partition coefficient (Wildman–Crippen LogP) is 2.15. The van der Waals surface area contributed by atoms with E-state index in [1.807, 2.05) is 31.2 Å². The Bertz CT molecular complexity index is 168. The first kappa shape index (κ1) is 10.0. The standard InChI is InChI=1S/C7H7Cl.ClH3Si/c1-6-4-2-3-5-7(6)8;1-2/h2-5H,1H3;2H3. The van der Waals surface area contributed by atoms with Crippen LogP contribution in [0.4, 0.5) is 0 Å². The number of hydrogen-bond acceptors (Lipinski definition) is 0. The van der Waals surface area contributed by atoms with Gasteiger partial charge in [0.2, 0.25) is 0 Å². The summed E-state index contributed by atoms with van der Waals surface area (Å²) in [6, 6.07) is 7.77. The van der Waals surface area contributed by atoms with Crippen molar-refractivity contribution in [2.45, 2.75) is 6.92 Å². The maximum atomic E-state index is 5.71. The van der Waals surface area contributed by atoms with Gasteiger partial charge in [-0.2, -0.15) is 11.1 Å². The highest BCUT2D eigenvalue weighted by molar-refractivity contribution is 6.80. The molecular formula is C7H10Cl2Si. The minimum atomic E-state index is 0.778. The van der Waals surface area contributed by atoms with Gasteiger partial charge in [0.1, 0.15) is 9.55 Å². The van der Waals surface area contributed by atoms with Gasteiger partial charge in [0.25, 0.3) is 0 Å². The van der Waals surface area contributed by atoms with Gasteiger partial charge in [0, 0.05) is 5.02 Å². The summed E-state index contributed by atoms with van der Waals surface area (Å²) in [6.07, 6.45) is 0. The Hall–Kier alpha value is 0.0169. The monoisotopic (exact) mass is 192 g/mol. The third-order valence-corrected chi connectivity index (χ3v) is 1.50. The quantitative estimate of drug-likeness (QED) is 0.437. The smallest absolute Gasteiger partial charge is 0.109 e. The van der Waals surface area contributed by atoms with Gasteiger partial charge in [-0.05, 0) is 18.6 Å². The zero-order chi connectivity index (χ0) is 7.98. The summed E-state index contributed by atoms with van der Waals surface area (Å²) >= 11 is 10.5. The first-order valence-corrected chi connectivity index (χ1v) is 6.30. The Morgan fingerprint density at radius 3 is 2.00 bits per heavy atom. The number of halogens is 2. The summed E-state index contributed by atoms with van der Waals surface area (Å²) in [5, 5.41) is 0.840. The van der Waals surface area contributed by atoms with Crippen LogP contribution in [0, 0.1) is 6.92 Å². The predicted molar refractivity (Wildman–Crippen MR) is 52.0 cm³/mol. The zero-order valence-electron chi connectivity index (χ0n) is 6.07. The average Bonchev–Trinajstić information content (AvgIpc) is 2.00. The van der Waals surface area contributed by atoms with E-state index in [0.717, 1.165) is 20.1 Å². The summed E-state index contributed by atoms with van der Waals surface area (Å²) in [5.74, 6) is 0. The van der Waals surface area contributed by atoms with Crippen molar-refractivity contribution in [3.63, 3.8) is 0 Å². The molecule has 1 aromatic carbocycles. The van der Waals surface area contributed by atoms with Gasteiger partial charge in [-0.15, -0.1) is 0 Å². The highest BCUT2D eigenvalue weighted by atomic mass is 35.6. The van der Waals surface area contributed by atoms with E-state index in [1.54, 1.807) is 0 Å². The summed E-state index contributed by atoms with van der Waals surface area (Å²) < 4.78 is 0. The maximum absolute atomic E-state index is 5.71. The van der Waals surface area contributed by atoms with Crippen molar-refractivity contribution in [2.24, 2.45) is 0 Å². The number of hydrogen-bond donors (Lipinski definition) is 0. The lowest BCUT2D eigenvalue weighted by molar-refractivity contribution is 1.47. The fraction of sp³-hybridized carbons (Fsp3) is 0.143. The van der Waals surface area contributed by atoms with Crippen LogP contribution in [0.5, 0.6) is 0 Å². The van der Waals surface area contributed by atoms with Gasteiger partial charge in [-0.3, -0.25) is 0 Å². The van der Waals surface area contributed by atoms with E-state index in [0.29, 0.717) is 0 Å².